The summed E-state index contributed by atoms with van der Waals surface area (Å²) in [6.45, 7) is 0.147. The number of carbonyl (C=O) groups is 1. The van der Waals surface area contributed by atoms with E-state index in [4.69, 9.17) is 4.74 Å². The lowest BCUT2D eigenvalue weighted by molar-refractivity contribution is 0.247. The van der Waals surface area contributed by atoms with Crippen LogP contribution in [-0.4, -0.2) is 19.2 Å². The quantitative estimate of drug-likeness (QED) is 0.502. The predicted molar refractivity (Wildman–Crippen MR) is 75.2 cm³/mol. The van der Waals surface area contributed by atoms with Crippen LogP contribution in [0.1, 0.15) is 0 Å². The fraction of sp³-hybridized carbons (Fsp3) is 0.133. The maximum Gasteiger partial charge on any atom is 0.319 e. The summed E-state index contributed by atoms with van der Waals surface area (Å²) in [5.41, 5.74) is -0.485. The first kappa shape index (κ1) is 16.6. The Hall–Kier alpha value is -2.77. The van der Waals surface area contributed by atoms with Crippen LogP contribution in [0.25, 0.3) is 0 Å². The number of nitrogens with one attached hydrogen (secondary N) is 2. The van der Waals surface area contributed by atoms with E-state index >= 15 is 0 Å². The van der Waals surface area contributed by atoms with Gasteiger partial charge in [0, 0.05) is 0 Å². The molecule has 4 nitrogen and oxygen atoms in total. The van der Waals surface area contributed by atoms with Crippen LogP contribution in [-0.2, 0) is 0 Å². The monoisotopic (exact) mass is 328 g/mol. The molecule has 0 saturated carbocycles. The largest absolute Gasteiger partial charge is 0.492 e. The first-order chi connectivity index (χ1) is 11.0. The zero-order chi connectivity index (χ0) is 16.8. The second-order valence-electron chi connectivity index (χ2n) is 4.41. The van der Waals surface area contributed by atoms with Crippen molar-refractivity contribution in [2.75, 3.05) is 18.5 Å². The Bertz CT molecular complexity index is 693. The molecule has 8 heteroatoms. The number of carbonyl (C=O) groups excluding carboxylic acids is 1. The number of hydrogen-bond donors (Lipinski definition) is 2. The van der Waals surface area contributed by atoms with E-state index in [2.05, 4.69) is 5.32 Å². The first-order valence-corrected chi connectivity index (χ1v) is 6.54. The summed E-state index contributed by atoms with van der Waals surface area (Å²) in [7, 11) is 0. The Morgan fingerprint density at radius 2 is 1.65 bits per heavy atom. The van der Waals surface area contributed by atoms with E-state index in [0.717, 1.165) is 6.07 Å². The third-order valence-corrected chi connectivity index (χ3v) is 2.75. The van der Waals surface area contributed by atoms with E-state index in [0.29, 0.717) is 11.8 Å². The number of amides is 2. The molecule has 0 saturated heterocycles. The Kier molecular flexibility index (Phi) is 5.40. The second-order valence-corrected chi connectivity index (χ2v) is 4.41. The zero-order valence-electron chi connectivity index (χ0n) is 11.7. The molecule has 0 unspecified atom stereocenters. The van der Waals surface area contributed by atoms with Crippen LogP contribution in [0.4, 0.5) is 28.0 Å². The summed E-state index contributed by atoms with van der Waals surface area (Å²) >= 11 is 0. The number of anilines is 1. The van der Waals surface area contributed by atoms with E-state index < -0.39 is 35.0 Å². The van der Waals surface area contributed by atoms with E-state index in [9.17, 15) is 22.4 Å². The highest BCUT2D eigenvalue weighted by atomic mass is 19.2. The van der Waals surface area contributed by atoms with Gasteiger partial charge in [-0.1, -0.05) is 0 Å². The molecule has 0 radical (unpaired) electrons. The van der Waals surface area contributed by atoms with Crippen LogP contribution >= 0.6 is 0 Å². The first-order valence-electron chi connectivity index (χ1n) is 6.54. The van der Waals surface area contributed by atoms with Gasteiger partial charge < -0.3 is 15.4 Å². The van der Waals surface area contributed by atoms with Gasteiger partial charge in [-0.25, -0.2) is 22.4 Å². The van der Waals surface area contributed by atoms with Crippen LogP contribution in [0.5, 0.6) is 5.75 Å². The molecule has 2 aromatic rings. The molecule has 2 rings (SSSR count). The molecule has 0 fully saturated rings. The molecule has 23 heavy (non-hydrogen) atoms. The van der Waals surface area contributed by atoms with Crippen molar-refractivity contribution in [1.82, 2.24) is 5.32 Å². The Labute approximate surface area is 129 Å². The van der Waals surface area contributed by atoms with Gasteiger partial charge in [-0.3, -0.25) is 0 Å². The van der Waals surface area contributed by atoms with E-state index in [1.54, 1.807) is 0 Å². The van der Waals surface area contributed by atoms with Crippen molar-refractivity contribution in [3.05, 3.63) is 59.7 Å². The lowest BCUT2D eigenvalue weighted by Crippen LogP contribution is -2.32. The maximum atomic E-state index is 13.4. The average molecular weight is 328 g/mol. The van der Waals surface area contributed by atoms with Crippen LogP contribution in [0, 0.1) is 23.3 Å². The summed E-state index contributed by atoms with van der Waals surface area (Å²) in [6.07, 6.45) is 0. The summed E-state index contributed by atoms with van der Waals surface area (Å²) in [6, 6.07) is 6.09. The molecule has 0 atom stereocenters. The Balaban J connectivity index is 1.77. The molecule has 0 aliphatic heterocycles. The lowest BCUT2D eigenvalue weighted by atomic mass is 10.3. The van der Waals surface area contributed by atoms with E-state index in [-0.39, 0.29) is 13.2 Å². The minimum absolute atomic E-state index is 0.0640. The van der Waals surface area contributed by atoms with Crippen LogP contribution in [0.15, 0.2) is 36.4 Å². The number of urea groups is 1. The number of hydrogen-bond acceptors (Lipinski definition) is 2. The van der Waals surface area contributed by atoms with Crippen molar-refractivity contribution < 1.29 is 27.1 Å². The van der Waals surface area contributed by atoms with E-state index in [1.165, 1.54) is 24.3 Å². The zero-order valence-corrected chi connectivity index (χ0v) is 11.7. The highest BCUT2D eigenvalue weighted by Gasteiger charge is 2.14. The van der Waals surface area contributed by atoms with Gasteiger partial charge in [-0.15, -0.1) is 0 Å². The number of benzene rings is 2. The summed E-state index contributed by atoms with van der Waals surface area (Å²) in [4.78, 5) is 11.5. The van der Waals surface area contributed by atoms with Gasteiger partial charge in [0.1, 0.15) is 18.2 Å². The average Bonchev–Trinajstić information content (AvgIpc) is 2.54. The topological polar surface area (TPSA) is 50.4 Å². The van der Waals surface area contributed by atoms with E-state index in [1.807, 2.05) is 5.32 Å². The third kappa shape index (κ3) is 4.60. The summed E-state index contributed by atoms with van der Waals surface area (Å²) < 4.78 is 57.0. The third-order valence-electron chi connectivity index (χ3n) is 2.75. The molecule has 2 aromatic carbocycles. The highest BCUT2D eigenvalue weighted by molar-refractivity contribution is 5.89. The fourth-order valence-electron chi connectivity index (χ4n) is 1.65. The highest BCUT2D eigenvalue weighted by Crippen LogP contribution is 2.19. The van der Waals surface area contributed by atoms with Crippen molar-refractivity contribution >= 4 is 11.7 Å². The Morgan fingerprint density at radius 3 is 2.35 bits per heavy atom. The van der Waals surface area contributed by atoms with Crippen LogP contribution in [0.3, 0.4) is 0 Å². The molecular weight excluding hydrogens is 316 g/mol. The van der Waals surface area contributed by atoms with Crippen molar-refractivity contribution in [2.45, 2.75) is 0 Å². The van der Waals surface area contributed by atoms with Crippen molar-refractivity contribution in [3.8, 4) is 5.75 Å². The molecule has 122 valence electrons. The van der Waals surface area contributed by atoms with Gasteiger partial charge in [0.2, 0.25) is 0 Å². The smallest absolute Gasteiger partial charge is 0.319 e. The Morgan fingerprint density at radius 1 is 0.957 bits per heavy atom. The minimum Gasteiger partial charge on any atom is -0.492 e. The van der Waals surface area contributed by atoms with Crippen LogP contribution < -0.4 is 15.4 Å². The molecule has 2 N–H and O–H groups in total. The van der Waals surface area contributed by atoms with Crippen molar-refractivity contribution in [3.63, 3.8) is 0 Å². The van der Waals surface area contributed by atoms with Gasteiger partial charge in [0.25, 0.3) is 0 Å². The minimum atomic E-state index is -1.66. The lowest BCUT2D eigenvalue weighted by Gasteiger charge is -2.10. The van der Waals surface area contributed by atoms with Gasteiger partial charge in [-0.05, 0) is 36.4 Å². The predicted octanol–water partition coefficient (Wildman–Crippen LogP) is 3.44. The van der Waals surface area contributed by atoms with Gasteiger partial charge in [0.05, 0.1) is 12.2 Å². The van der Waals surface area contributed by atoms with Gasteiger partial charge in [-0.2, -0.15) is 0 Å². The molecular formula is C15H12F4N2O2. The maximum absolute atomic E-state index is 13.4. The molecule has 0 spiro atoms. The number of ether oxygens (including phenoxy) is 1. The molecule has 0 aliphatic rings. The van der Waals surface area contributed by atoms with Gasteiger partial charge in [0.15, 0.2) is 17.5 Å². The van der Waals surface area contributed by atoms with Crippen LogP contribution in [0.2, 0.25) is 0 Å². The standard InChI is InChI=1S/C15H12F4N2O2/c16-9-1-3-10(4-2-9)23-8-7-20-15(22)21-12-6-5-11(17)13(18)14(12)19/h1-6H,7-8H2,(H2,20,21,22). The molecule has 0 heterocycles. The molecule has 0 aliphatic carbocycles. The fourth-order valence-corrected chi connectivity index (χ4v) is 1.65. The molecule has 2 amide bonds. The molecule has 0 bridgehead atoms. The van der Waals surface area contributed by atoms with Crippen molar-refractivity contribution in [2.24, 2.45) is 0 Å². The number of halogens is 4. The summed E-state index contributed by atoms with van der Waals surface area (Å²) in [5.74, 6) is -4.48. The SMILES string of the molecule is O=C(NCCOc1ccc(F)cc1)Nc1ccc(F)c(F)c1F. The summed E-state index contributed by atoms with van der Waals surface area (Å²) in [5, 5.41) is 4.39. The van der Waals surface area contributed by atoms with Crippen molar-refractivity contribution in [1.29, 1.82) is 0 Å². The van der Waals surface area contributed by atoms with Gasteiger partial charge >= 0.3 is 6.03 Å². The number of rotatable bonds is 5. The second kappa shape index (κ2) is 7.48. The molecule has 0 aromatic heterocycles. The normalized spacial score (nSPS) is 10.3.